The molecule has 0 aliphatic carbocycles. The van der Waals surface area contributed by atoms with Crippen molar-refractivity contribution in [2.45, 2.75) is 13.0 Å². The van der Waals surface area contributed by atoms with Gasteiger partial charge in [0, 0.05) is 12.6 Å². The van der Waals surface area contributed by atoms with Gasteiger partial charge in [0.15, 0.2) is 11.7 Å². The molecule has 2 aromatic rings. The zero-order valence-electron chi connectivity index (χ0n) is 10.4. The fraction of sp³-hybridized carbons (Fsp3) is 0.455. The van der Waals surface area contributed by atoms with Gasteiger partial charge in [-0.1, -0.05) is 0 Å². The Balaban J connectivity index is 2.04. The molecule has 0 amide bonds. The number of carboxylic acids is 1. The maximum absolute atomic E-state index is 11.3. The molecule has 100 valence electrons. The van der Waals surface area contributed by atoms with Gasteiger partial charge in [0.05, 0.1) is 13.2 Å². The fourth-order valence-corrected chi connectivity index (χ4v) is 2.19. The van der Waals surface area contributed by atoms with Crippen molar-refractivity contribution < 1.29 is 14.6 Å². The molecule has 8 heteroatoms. The molecule has 3 heterocycles. The molecule has 0 radical (unpaired) electrons. The Morgan fingerprint density at radius 3 is 3.21 bits per heavy atom. The molecule has 19 heavy (non-hydrogen) atoms. The Kier molecular flexibility index (Phi) is 2.79. The Bertz CT molecular complexity index is 626. The second-order valence-electron chi connectivity index (χ2n) is 4.34. The molecule has 1 aliphatic heterocycles. The number of carbonyl (C=O) groups is 1. The lowest BCUT2D eigenvalue weighted by Gasteiger charge is -2.33. The minimum Gasteiger partial charge on any atom is -0.480 e. The predicted octanol–water partition coefficient (Wildman–Crippen LogP) is -0.277. The highest BCUT2D eigenvalue weighted by atomic mass is 16.5. The molecule has 0 saturated carbocycles. The van der Waals surface area contributed by atoms with Gasteiger partial charge in [-0.3, -0.25) is 4.40 Å². The highest BCUT2D eigenvalue weighted by molar-refractivity contribution is 5.78. The van der Waals surface area contributed by atoms with Gasteiger partial charge in [0.1, 0.15) is 18.0 Å². The molecule has 1 fully saturated rings. The summed E-state index contributed by atoms with van der Waals surface area (Å²) in [4.78, 5) is 17.4. The molecule has 1 saturated heterocycles. The number of morpholine rings is 1. The van der Waals surface area contributed by atoms with Crippen LogP contribution < -0.4 is 4.90 Å². The number of rotatable bonds is 2. The molecular weight excluding hydrogens is 250 g/mol. The zero-order chi connectivity index (χ0) is 13.4. The average Bonchev–Trinajstić information content (AvgIpc) is 2.87. The topological polar surface area (TPSA) is 92.9 Å². The molecule has 3 rings (SSSR count). The van der Waals surface area contributed by atoms with Crippen LogP contribution >= 0.6 is 0 Å². The van der Waals surface area contributed by atoms with Crippen LogP contribution in [0.25, 0.3) is 5.65 Å². The first-order valence-corrected chi connectivity index (χ1v) is 5.91. The Labute approximate surface area is 108 Å². The van der Waals surface area contributed by atoms with Crippen LogP contribution in [-0.4, -0.2) is 56.5 Å². The first-order chi connectivity index (χ1) is 9.16. The van der Waals surface area contributed by atoms with Gasteiger partial charge in [-0.2, -0.15) is 0 Å². The third kappa shape index (κ3) is 1.99. The number of hydrogen-bond acceptors (Lipinski definition) is 6. The van der Waals surface area contributed by atoms with Crippen LogP contribution in [0.3, 0.4) is 0 Å². The van der Waals surface area contributed by atoms with E-state index in [2.05, 4.69) is 15.2 Å². The SMILES string of the molecule is Cc1nc(N2CCOCC2C(=O)O)cc2nncn12. The fourth-order valence-electron chi connectivity index (χ4n) is 2.19. The summed E-state index contributed by atoms with van der Waals surface area (Å²) < 4.78 is 6.96. The van der Waals surface area contributed by atoms with Crippen LogP contribution in [0.5, 0.6) is 0 Å². The number of aliphatic carboxylic acids is 1. The molecule has 0 aromatic carbocycles. The van der Waals surface area contributed by atoms with Crippen molar-refractivity contribution >= 4 is 17.4 Å². The zero-order valence-corrected chi connectivity index (χ0v) is 10.4. The number of fused-ring (bicyclic) bond motifs is 1. The summed E-state index contributed by atoms with van der Waals surface area (Å²) in [6.07, 6.45) is 1.58. The van der Waals surface area contributed by atoms with E-state index in [1.54, 1.807) is 21.7 Å². The van der Waals surface area contributed by atoms with E-state index < -0.39 is 12.0 Å². The maximum atomic E-state index is 11.3. The van der Waals surface area contributed by atoms with Crippen LogP contribution in [0.15, 0.2) is 12.4 Å². The third-order valence-electron chi connectivity index (χ3n) is 3.17. The van der Waals surface area contributed by atoms with Gasteiger partial charge in [-0.25, -0.2) is 9.78 Å². The van der Waals surface area contributed by atoms with Crippen molar-refractivity contribution in [1.29, 1.82) is 0 Å². The molecule has 1 atom stereocenters. The van der Waals surface area contributed by atoms with Crippen LogP contribution in [0, 0.1) is 6.92 Å². The molecule has 0 bridgehead atoms. The molecular formula is C11H13N5O3. The monoisotopic (exact) mass is 263 g/mol. The lowest BCUT2D eigenvalue weighted by Crippen LogP contribution is -2.50. The number of ether oxygens (including phenoxy) is 1. The summed E-state index contributed by atoms with van der Waals surface area (Å²) in [6.45, 7) is 2.97. The smallest absolute Gasteiger partial charge is 0.328 e. The second-order valence-corrected chi connectivity index (χ2v) is 4.34. The van der Waals surface area contributed by atoms with E-state index in [1.165, 1.54) is 0 Å². The number of nitrogens with zero attached hydrogens (tertiary/aromatic N) is 5. The maximum Gasteiger partial charge on any atom is 0.328 e. The number of anilines is 1. The Hall–Kier alpha value is -2.22. The van der Waals surface area contributed by atoms with Gasteiger partial charge >= 0.3 is 5.97 Å². The van der Waals surface area contributed by atoms with Crippen LogP contribution in [-0.2, 0) is 9.53 Å². The molecule has 0 spiro atoms. The van der Waals surface area contributed by atoms with E-state index in [4.69, 9.17) is 4.74 Å². The molecule has 1 N–H and O–H groups in total. The Morgan fingerprint density at radius 1 is 1.58 bits per heavy atom. The van der Waals surface area contributed by atoms with E-state index in [0.717, 1.165) is 0 Å². The number of aromatic nitrogens is 4. The van der Waals surface area contributed by atoms with Crippen LogP contribution in [0.2, 0.25) is 0 Å². The van der Waals surface area contributed by atoms with Crippen LogP contribution in [0.4, 0.5) is 5.82 Å². The predicted molar refractivity (Wildman–Crippen MR) is 65.1 cm³/mol. The summed E-state index contributed by atoms with van der Waals surface area (Å²) in [5.41, 5.74) is 0.651. The summed E-state index contributed by atoms with van der Waals surface area (Å²) in [7, 11) is 0. The number of carboxylic acid groups (broad SMARTS) is 1. The number of hydrogen-bond donors (Lipinski definition) is 1. The lowest BCUT2D eigenvalue weighted by atomic mass is 10.2. The molecule has 8 nitrogen and oxygen atoms in total. The van der Waals surface area contributed by atoms with Crippen LogP contribution in [0.1, 0.15) is 5.82 Å². The summed E-state index contributed by atoms with van der Waals surface area (Å²) >= 11 is 0. The lowest BCUT2D eigenvalue weighted by molar-refractivity contribution is -0.141. The van der Waals surface area contributed by atoms with Gasteiger partial charge in [-0.05, 0) is 6.92 Å². The minimum atomic E-state index is -0.916. The van der Waals surface area contributed by atoms with Crippen molar-refractivity contribution in [3.8, 4) is 0 Å². The highest BCUT2D eigenvalue weighted by Gasteiger charge is 2.30. The van der Waals surface area contributed by atoms with E-state index in [1.807, 2.05) is 6.92 Å². The first kappa shape index (κ1) is 11.8. The van der Waals surface area contributed by atoms with Gasteiger partial charge in [0.2, 0.25) is 0 Å². The van der Waals surface area contributed by atoms with Gasteiger partial charge in [0.25, 0.3) is 0 Å². The molecule has 2 aromatic heterocycles. The van der Waals surface area contributed by atoms with E-state index in [-0.39, 0.29) is 6.61 Å². The standard InChI is InChI=1S/C11H13N5O3/c1-7-13-9(4-10-14-12-6-16(7)10)15-2-3-19-5-8(15)11(17)18/h4,6,8H,2-3,5H2,1H3,(H,17,18). The van der Waals surface area contributed by atoms with E-state index in [0.29, 0.717) is 30.4 Å². The Morgan fingerprint density at radius 2 is 2.42 bits per heavy atom. The van der Waals surface area contributed by atoms with Crippen molar-refractivity contribution in [3.05, 3.63) is 18.2 Å². The first-order valence-electron chi connectivity index (χ1n) is 5.91. The largest absolute Gasteiger partial charge is 0.480 e. The molecule has 1 unspecified atom stereocenters. The van der Waals surface area contributed by atoms with Crippen molar-refractivity contribution in [2.24, 2.45) is 0 Å². The minimum absolute atomic E-state index is 0.161. The third-order valence-corrected chi connectivity index (χ3v) is 3.17. The van der Waals surface area contributed by atoms with Gasteiger partial charge in [-0.15, -0.1) is 10.2 Å². The highest BCUT2D eigenvalue weighted by Crippen LogP contribution is 2.19. The molecule has 1 aliphatic rings. The normalized spacial score (nSPS) is 19.8. The second kappa shape index (κ2) is 4.47. The van der Waals surface area contributed by atoms with E-state index in [9.17, 15) is 9.90 Å². The van der Waals surface area contributed by atoms with E-state index >= 15 is 0 Å². The summed E-state index contributed by atoms with van der Waals surface area (Å²) in [5, 5.41) is 17.0. The van der Waals surface area contributed by atoms with Crippen molar-refractivity contribution in [3.63, 3.8) is 0 Å². The average molecular weight is 263 g/mol. The summed E-state index contributed by atoms with van der Waals surface area (Å²) in [6, 6.07) is 1.02. The quantitative estimate of drug-likeness (QED) is 0.796. The van der Waals surface area contributed by atoms with Gasteiger partial charge < -0.3 is 14.7 Å². The van der Waals surface area contributed by atoms with Crippen molar-refractivity contribution in [2.75, 3.05) is 24.7 Å². The number of aryl methyl sites for hydroxylation is 1. The summed E-state index contributed by atoms with van der Waals surface area (Å²) in [5.74, 6) is 0.391. The van der Waals surface area contributed by atoms with Crippen molar-refractivity contribution in [1.82, 2.24) is 19.6 Å².